The summed E-state index contributed by atoms with van der Waals surface area (Å²) in [5, 5.41) is 1.23. The number of hydrogen-bond acceptors (Lipinski definition) is 2. The zero-order valence-electron chi connectivity index (χ0n) is 14.2. The van der Waals surface area contributed by atoms with Crippen molar-refractivity contribution in [1.82, 2.24) is 9.88 Å². The molecule has 2 saturated heterocycles. The van der Waals surface area contributed by atoms with E-state index < -0.39 is 0 Å². The second-order valence-electron chi connectivity index (χ2n) is 7.08. The Hall–Kier alpha value is -1.81. The van der Waals surface area contributed by atoms with E-state index in [9.17, 15) is 4.79 Å². The SMILES string of the molecule is O=C(CC[C@@H]1CCCO1)N1CCCC[C@@H]1c1cc2ccccc2[nH]1. The van der Waals surface area contributed by atoms with E-state index in [0.29, 0.717) is 12.5 Å². The Morgan fingerprint density at radius 3 is 2.96 bits per heavy atom. The average Bonchev–Trinajstić information content (AvgIpc) is 3.29. The Morgan fingerprint density at radius 2 is 2.12 bits per heavy atom. The fraction of sp³-hybridized carbons (Fsp3) is 0.550. The van der Waals surface area contributed by atoms with Gasteiger partial charge in [0, 0.05) is 30.8 Å². The summed E-state index contributed by atoms with van der Waals surface area (Å²) < 4.78 is 5.67. The van der Waals surface area contributed by atoms with E-state index in [0.717, 1.165) is 50.8 Å². The number of nitrogens with one attached hydrogen (secondary N) is 1. The molecule has 24 heavy (non-hydrogen) atoms. The van der Waals surface area contributed by atoms with Crippen LogP contribution < -0.4 is 0 Å². The summed E-state index contributed by atoms with van der Waals surface area (Å²) >= 11 is 0. The number of fused-ring (bicyclic) bond motifs is 1. The third kappa shape index (κ3) is 3.20. The van der Waals surface area contributed by atoms with E-state index in [1.807, 2.05) is 6.07 Å². The van der Waals surface area contributed by atoms with Crippen molar-refractivity contribution in [3.05, 3.63) is 36.0 Å². The van der Waals surface area contributed by atoms with Crippen LogP contribution in [0, 0.1) is 0 Å². The molecule has 1 aromatic carbocycles. The highest BCUT2D eigenvalue weighted by Gasteiger charge is 2.29. The summed E-state index contributed by atoms with van der Waals surface area (Å²) in [5.74, 6) is 0.286. The second-order valence-corrected chi connectivity index (χ2v) is 7.08. The van der Waals surface area contributed by atoms with Crippen molar-refractivity contribution in [2.24, 2.45) is 0 Å². The van der Waals surface area contributed by atoms with Crippen molar-refractivity contribution in [3.63, 3.8) is 0 Å². The van der Waals surface area contributed by atoms with Crippen LogP contribution in [0.1, 0.15) is 56.7 Å². The first-order valence-corrected chi connectivity index (χ1v) is 9.30. The number of rotatable bonds is 4. The first-order valence-electron chi connectivity index (χ1n) is 9.30. The molecule has 0 aliphatic carbocycles. The third-order valence-electron chi connectivity index (χ3n) is 5.44. The lowest BCUT2D eigenvalue weighted by Crippen LogP contribution is -2.38. The highest BCUT2D eigenvalue weighted by atomic mass is 16.5. The minimum Gasteiger partial charge on any atom is -0.378 e. The Bertz CT molecular complexity index is 669. The van der Waals surface area contributed by atoms with Gasteiger partial charge < -0.3 is 14.6 Å². The van der Waals surface area contributed by atoms with Crippen molar-refractivity contribution in [3.8, 4) is 0 Å². The summed E-state index contributed by atoms with van der Waals surface area (Å²) in [6, 6.07) is 10.8. The Labute approximate surface area is 143 Å². The molecule has 2 aliphatic rings. The molecule has 2 aliphatic heterocycles. The largest absolute Gasteiger partial charge is 0.378 e. The molecule has 4 nitrogen and oxygen atoms in total. The fourth-order valence-electron chi connectivity index (χ4n) is 4.13. The lowest BCUT2D eigenvalue weighted by molar-refractivity contribution is -0.135. The van der Waals surface area contributed by atoms with Crippen molar-refractivity contribution in [2.75, 3.05) is 13.2 Å². The first-order chi connectivity index (χ1) is 11.8. The van der Waals surface area contributed by atoms with Crippen LogP contribution in [0.25, 0.3) is 10.9 Å². The molecule has 2 atom stereocenters. The lowest BCUT2D eigenvalue weighted by atomic mass is 9.98. The molecule has 3 heterocycles. The lowest BCUT2D eigenvalue weighted by Gasteiger charge is -2.35. The molecule has 128 valence electrons. The van der Waals surface area contributed by atoms with Crippen LogP contribution in [0.5, 0.6) is 0 Å². The van der Waals surface area contributed by atoms with Gasteiger partial charge in [-0.05, 0) is 56.0 Å². The van der Waals surface area contributed by atoms with Gasteiger partial charge in [-0.15, -0.1) is 0 Å². The summed E-state index contributed by atoms with van der Waals surface area (Å²) in [6.45, 7) is 1.74. The Balaban J connectivity index is 1.48. The molecule has 0 unspecified atom stereocenters. The van der Waals surface area contributed by atoms with Crippen LogP contribution in [0.15, 0.2) is 30.3 Å². The summed E-state index contributed by atoms with van der Waals surface area (Å²) in [4.78, 5) is 18.4. The predicted octanol–water partition coefficient (Wildman–Crippen LogP) is 4.18. The topological polar surface area (TPSA) is 45.3 Å². The van der Waals surface area contributed by atoms with Gasteiger partial charge in [-0.2, -0.15) is 0 Å². The van der Waals surface area contributed by atoms with Gasteiger partial charge in [0.2, 0.25) is 5.91 Å². The van der Waals surface area contributed by atoms with Gasteiger partial charge in [0.15, 0.2) is 0 Å². The molecular formula is C20H26N2O2. The van der Waals surface area contributed by atoms with Gasteiger partial charge in [-0.1, -0.05) is 18.2 Å². The molecule has 0 bridgehead atoms. The molecular weight excluding hydrogens is 300 g/mol. The van der Waals surface area contributed by atoms with Gasteiger partial charge in [-0.3, -0.25) is 4.79 Å². The van der Waals surface area contributed by atoms with E-state index in [2.05, 4.69) is 34.1 Å². The number of carbonyl (C=O) groups is 1. The molecule has 0 saturated carbocycles. The Kier molecular flexibility index (Phi) is 4.56. The number of aromatic amines is 1. The second kappa shape index (κ2) is 6.98. The van der Waals surface area contributed by atoms with E-state index in [4.69, 9.17) is 4.74 Å². The zero-order chi connectivity index (χ0) is 16.4. The van der Waals surface area contributed by atoms with E-state index >= 15 is 0 Å². The van der Waals surface area contributed by atoms with Gasteiger partial charge in [0.1, 0.15) is 0 Å². The maximum absolute atomic E-state index is 12.8. The molecule has 4 rings (SSSR count). The number of piperidine rings is 1. The molecule has 4 heteroatoms. The number of nitrogens with zero attached hydrogens (tertiary/aromatic N) is 1. The molecule has 2 aromatic rings. The van der Waals surface area contributed by atoms with Gasteiger partial charge >= 0.3 is 0 Å². The standard InChI is InChI=1S/C20H26N2O2/c23-20(11-10-16-7-5-13-24-16)22-12-4-3-9-19(22)18-14-15-6-1-2-8-17(15)21-18/h1-2,6,8,14,16,19,21H,3-5,7,9-13H2/t16-,19+/m0/s1. The van der Waals surface area contributed by atoms with Crippen molar-refractivity contribution in [1.29, 1.82) is 0 Å². The number of benzene rings is 1. The molecule has 1 amide bonds. The van der Waals surface area contributed by atoms with Crippen LogP contribution in [0.2, 0.25) is 0 Å². The normalized spacial score (nSPS) is 24.6. The number of para-hydroxylation sites is 1. The highest BCUT2D eigenvalue weighted by Crippen LogP contribution is 2.33. The molecule has 0 spiro atoms. The fourth-order valence-corrected chi connectivity index (χ4v) is 4.13. The molecule has 0 radical (unpaired) electrons. The third-order valence-corrected chi connectivity index (χ3v) is 5.44. The van der Waals surface area contributed by atoms with E-state index in [-0.39, 0.29) is 11.9 Å². The highest BCUT2D eigenvalue weighted by molar-refractivity contribution is 5.81. The summed E-state index contributed by atoms with van der Waals surface area (Å²) in [6.07, 6.45) is 7.39. The minimum atomic E-state index is 0.197. The van der Waals surface area contributed by atoms with Crippen molar-refractivity contribution >= 4 is 16.8 Å². The number of H-pyrrole nitrogens is 1. The maximum Gasteiger partial charge on any atom is 0.223 e. The van der Waals surface area contributed by atoms with Crippen LogP contribution in [0.3, 0.4) is 0 Å². The predicted molar refractivity (Wildman–Crippen MR) is 94.8 cm³/mol. The van der Waals surface area contributed by atoms with Gasteiger partial charge in [0.25, 0.3) is 0 Å². The summed E-state index contributed by atoms with van der Waals surface area (Å²) in [7, 11) is 0. The molecule has 2 fully saturated rings. The van der Waals surface area contributed by atoms with Crippen molar-refractivity contribution in [2.45, 2.75) is 57.1 Å². The van der Waals surface area contributed by atoms with Gasteiger partial charge in [-0.25, -0.2) is 0 Å². The number of amides is 1. The average molecular weight is 326 g/mol. The number of carbonyl (C=O) groups excluding carboxylic acids is 1. The van der Waals surface area contributed by atoms with Crippen LogP contribution in [0.4, 0.5) is 0 Å². The minimum absolute atomic E-state index is 0.197. The number of hydrogen-bond donors (Lipinski definition) is 1. The van der Waals surface area contributed by atoms with Gasteiger partial charge in [0.05, 0.1) is 12.1 Å². The molecule has 1 aromatic heterocycles. The zero-order valence-corrected chi connectivity index (χ0v) is 14.2. The van der Waals surface area contributed by atoms with Crippen LogP contribution >= 0.6 is 0 Å². The number of likely N-dealkylation sites (tertiary alicyclic amines) is 1. The Morgan fingerprint density at radius 1 is 1.21 bits per heavy atom. The van der Waals surface area contributed by atoms with Crippen LogP contribution in [-0.2, 0) is 9.53 Å². The molecule has 1 N–H and O–H groups in total. The van der Waals surface area contributed by atoms with Crippen molar-refractivity contribution < 1.29 is 9.53 Å². The maximum atomic E-state index is 12.8. The first kappa shape index (κ1) is 15.7. The number of ether oxygens (including phenoxy) is 1. The quantitative estimate of drug-likeness (QED) is 0.916. The monoisotopic (exact) mass is 326 g/mol. The van der Waals surface area contributed by atoms with E-state index in [1.54, 1.807) is 0 Å². The van der Waals surface area contributed by atoms with E-state index in [1.165, 1.54) is 17.5 Å². The van der Waals surface area contributed by atoms with Crippen LogP contribution in [-0.4, -0.2) is 35.0 Å². The summed E-state index contributed by atoms with van der Waals surface area (Å²) in [5.41, 5.74) is 2.34. The number of aromatic nitrogens is 1. The smallest absolute Gasteiger partial charge is 0.223 e.